The van der Waals surface area contributed by atoms with Gasteiger partial charge in [-0.2, -0.15) is 5.10 Å². The van der Waals surface area contributed by atoms with Crippen LogP contribution in [0.15, 0.2) is 36.5 Å². The molecule has 1 fully saturated rings. The van der Waals surface area contributed by atoms with Crippen molar-refractivity contribution in [3.8, 4) is 11.1 Å². The number of aromatic nitrogens is 4. The summed E-state index contributed by atoms with van der Waals surface area (Å²) in [6.45, 7) is 0. The molecular formula is C21H23N5. The average molecular weight is 345 g/mol. The second kappa shape index (κ2) is 6.16. The monoisotopic (exact) mass is 345 g/mol. The Morgan fingerprint density at radius 3 is 2.81 bits per heavy atom. The van der Waals surface area contributed by atoms with E-state index < -0.39 is 0 Å². The largest absolute Gasteiger partial charge is 0.382 e. The van der Waals surface area contributed by atoms with Crippen LogP contribution >= 0.6 is 0 Å². The maximum Gasteiger partial charge on any atom is 0.153 e. The molecule has 4 aromatic rings. The number of nitrogen functional groups attached to an aromatic ring is 1. The number of aromatic amines is 2. The fourth-order valence-corrected chi connectivity index (χ4v) is 4.35. The van der Waals surface area contributed by atoms with E-state index in [4.69, 9.17) is 5.73 Å². The van der Waals surface area contributed by atoms with E-state index in [1.165, 1.54) is 48.7 Å². The molecule has 4 N–H and O–H groups in total. The van der Waals surface area contributed by atoms with Gasteiger partial charge in [0, 0.05) is 22.7 Å². The maximum atomic E-state index is 5.98. The van der Waals surface area contributed by atoms with Crippen LogP contribution in [0.1, 0.15) is 37.8 Å². The van der Waals surface area contributed by atoms with Crippen LogP contribution in [-0.4, -0.2) is 20.2 Å². The van der Waals surface area contributed by atoms with Crippen LogP contribution in [0.3, 0.4) is 0 Å². The first-order chi connectivity index (χ1) is 12.8. The van der Waals surface area contributed by atoms with Gasteiger partial charge in [0.2, 0.25) is 0 Å². The van der Waals surface area contributed by atoms with E-state index in [2.05, 4.69) is 44.4 Å². The Hall–Kier alpha value is -2.82. The van der Waals surface area contributed by atoms with E-state index >= 15 is 0 Å². The van der Waals surface area contributed by atoms with Crippen LogP contribution in [0.4, 0.5) is 5.82 Å². The lowest BCUT2D eigenvalue weighted by Gasteiger charge is -2.20. The molecule has 5 nitrogen and oxygen atoms in total. The predicted octanol–water partition coefficient (Wildman–Crippen LogP) is 4.81. The van der Waals surface area contributed by atoms with Gasteiger partial charge >= 0.3 is 0 Å². The summed E-state index contributed by atoms with van der Waals surface area (Å²) in [6, 6.07) is 10.6. The second-order valence-corrected chi connectivity index (χ2v) is 7.49. The van der Waals surface area contributed by atoms with Crippen molar-refractivity contribution in [3.05, 3.63) is 42.2 Å². The Labute approximate surface area is 152 Å². The third-order valence-electron chi connectivity index (χ3n) is 5.72. The highest BCUT2D eigenvalue weighted by Crippen LogP contribution is 2.33. The molecule has 0 radical (unpaired) electrons. The minimum atomic E-state index is 0.541. The zero-order valence-electron chi connectivity index (χ0n) is 14.8. The Bertz CT molecular complexity index is 1070. The summed E-state index contributed by atoms with van der Waals surface area (Å²) in [5.74, 6) is 1.35. The molecule has 0 bridgehead atoms. The number of pyridine rings is 1. The van der Waals surface area contributed by atoms with Crippen LogP contribution in [0.25, 0.3) is 33.1 Å². The smallest absolute Gasteiger partial charge is 0.153 e. The fourth-order valence-electron chi connectivity index (χ4n) is 4.35. The molecule has 0 saturated heterocycles. The highest BCUT2D eigenvalue weighted by molar-refractivity contribution is 5.98. The molecule has 26 heavy (non-hydrogen) atoms. The zero-order chi connectivity index (χ0) is 17.5. The van der Waals surface area contributed by atoms with E-state index in [-0.39, 0.29) is 0 Å². The predicted molar refractivity (Wildman–Crippen MR) is 106 cm³/mol. The highest BCUT2D eigenvalue weighted by atomic mass is 15.1. The van der Waals surface area contributed by atoms with Crippen LogP contribution in [0.5, 0.6) is 0 Å². The lowest BCUT2D eigenvalue weighted by Crippen LogP contribution is -2.09. The molecule has 5 heteroatoms. The number of hydrogen-bond acceptors (Lipinski definition) is 3. The highest BCUT2D eigenvalue weighted by Gasteiger charge is 2.16. The van der Waals surface area contributed by atoms with Crippen molar-refractivity contribution < 1.29 is 0 Å². The quantitative estimate of drug-likeness (QED) is 0.498. The summed E-state index contributed by atoms with van der Waals surface area (Å²) < 4.78 is 0. The van der Waals surface area contributed by atoms with Gasteiger partial charge in [-0.3, -0.25) is 5.10 Å². The van der Waals surface area contributed by atoms with Gasteiger partial charge in [-0.1, -0.05) is 38.2 Å². The number of hydrogen-bond donors (Lipinski definition) is 3. The van der Waals surface area contributed by atoms with Crippen LogP contribution in [0, 0.1) is 5.92 Å². The number of nitrogens with two attached hydrogens (primary N) is 1. The number of fused-ring (bicyclic) bond motifs is 2. The third-order valence-corrected chi connectivity index (χ3v) is 5.72. The molecule has 132 valence electrons. The minimum absolute atomic E-state index is 0.541. The summed E-state index contributed by atoms with van der Waals surface area (Å²) in [5.41, 5.74) is 11.5. The normalized spacial score (nSPS) is 15.8. The van der Waals surface area contributed by atoms with Crippen molar-refractivity contribution >= 4 is 27.8 Å². The first-order valence-electron chi connectivity index (χ1n) is 9.48. The Kier molecular flexibility index (Phi) is 3.66. The molecule has 0 atom stereocenters. The molecule has 1 aliphatic carbocycles. The standard InChI is InChI=1S/C21H23N5/c22-20-18-11-14(6-7-19(18)25-26-20)16-8-9-23-21-17(16)12-15(24-21)10-13-4-2-1-3-5-13/h6-9,11-13H,1-5,10H2,(H,23,24)(H3,22,25,26). The first-order valence-corrected chi connectivity index (χ1v) is 9.48. The molecule has 3 heterocycles. The molecule has 0 unspecified atom stereocenters. The average Bonchev–Trinajstić information content (AvgIpc) is 3.25. The summed E-state index contributed by atoms with van der Waals surface area (Å²) >= 11 is 0. The number of anilines is 1. The molecule has 1 aromatic carbocycles. The minimum Gasteiger partial charge on any atom is -0.382 e. The summed E-state index contributed by atoms with van der Waals surface area (Å²) in [5, 5.41) is 9.20. The topological polar surface area (TPSA) is 83.4 Å². The van der Waals surface area contributed by atoms with Gasteiger partial charge in [-0.15, -0.1) is 0 Å². The van der Waals surface area contributed by atoms with Gasteiger partial charge in [0.25, 0.3) is 0 Å². The summed E-state index contributed by atoms with van der Waals surface area (Å²) in [7, 11) is 0. The zero-order valence-corrected chi connectivity index (χ0v) is 14.8. The van der Waals surface area contributed by atoms with E-state index in [0.29, 0.717) is 5.82 Å². The lowest BCUT2D eigenvalue weighted by atomic mass is 9.86. The van der Waals surface area contributed by atoms with Gasteiger partial charge in [-0.25, -0.2) is 4.98 Å². The SMILES string of the molecule is Nc1n[nH]c2ccc(-c3ccnc4[nH]c(CC5CCCCC5)cc34)cc12. The van der Waals surface area contributed by atoms with Gasteiger partial charge in [0.05, 0.1) is 5.52 Å². The maximum absolute atomic E-state index is 5.98. The molecular weight excluding hydrogens is 322 g/mol. The molecule has 1 saturated carbocycles. The number of H-pyrrole nitrogens is 2. The second-order valence-electron chi connectivity index (χ2n) is 7.49. The van der Waals surface area contributed by atoms with Crippen molar-refractivity contribution in [2.75, 3.05) is 5.73 Å². The molecule has 3 aromatic heterocycles. The van der Waals surface area contributed by atoms with Crippen molar-refractivity contribution in [1.82, 2.24) is 20.2 Å². The lowest BCUT2D eigenvalue weighted by molar-refractivity contribution is 0.355. The van der Waals surface area contributed by atoms with Crippen LogP contribution < -0.4 is 5.73 Å². The van der Waals surface area contributed by atoms with Crippen molar-refractivity contribution in [2.45, 2.75) is 38.5 Å². The van der Waals surface area contributed by atoms with Crippen LogP contribution in [0.2, 0.25) is 0 Å². The summed E-state index contributed by atoms with van der Waals surface area (Å²) in [6.07, 6.45) is 9.86. The van der Waals surface area contributed by atoms with Gasteiger partial charge in [0.15, 0.2) is 5.82 Å². The number of benzene rings is 1. The Balaban J connectivity index is 1.55. The molecule has 0 amide bonds. The number of nitrogens with zero attached hydrogens (tertiary/aromatic N) is 2. The van der Waals surface area contributed by atoms with Gasteiger partial charge in [0.1, 0.15) is 5.65 Å². The Morgan fingerprint density at radius 1 is 1.04 bits per heavy atom. The fraction of sp³-hybridized carbons (Fsp3) is 0.333. The van der Waals surface area contributed by atoms with Crippen molar-refractivity contribution in [3.63, 3.8) is 0 Å². The Morgan fingerprint density at radius 2 is 1.92 bits per heavy atom. The van der Waals surface area contributed by atoms with E-state index in [9.17, 15) is 0 Å². The molecule has 1 aliphatic rings. The van der Waals surface area contributed by atoms with E-state index in [1.807, 2.05) is 12.3 Å². The van der Waals surface area contributed by atoms with Crippen molar-refractivity contribution in [1.29, 1.82) is 0 Å². The third kappa shape index (κ3) is 2.64. The molecule has 5 rings (SSSR count). The van der Waals surface area contributed by atoms with Gasteiger partial charge in [-0.05, 0) is 47.7 Å². The molecule has 0 aliphatic heterocycles. The van der Waals surface area contributed by atoms with Crippen molar-refractivity contribution in [2.24, 2.45) is 5.92 Å². The van der Waals surface area contributed by atoms with Gasteiger partial charge < -0.3 is 10.7 Å². The summed E-state index contributed by atoms with van der Waals surface area (Å²) in [4.78, 5) is 8.09. The number of rotatable bonds is 3. The van der Waals surface area contributed by atoms with E-state index in [0.717, 1.165) is 34.5 Å². The van der Waals surface area contributed by atoms with Crippen LogP contribution in [-0.2, 0) is 6.42 Å². The first kappa shape index (κ1) is 15.4. The molecule has 0 spiro atoms. The van der Waals surface area contributed by atoms with E-state index in [1.54, 1.807) is 0 Å². The number of nitrogens with one attached hydrogen (secondary N) is 2.